The molecule has 0 radical (unpaired) electrons. The summed E-state index contributed by atoms with van der Waals surface area (Å²) in [6.45, 7) is 4.76. The first-order valence-corrected chi connectivity index (χ1v) is 7.59. The van der Waals surface area contributed by atoms with E-state index >= 15 is 0 Å². The van der Waals surface area contributed by atoms with Crippen molar-refractivity contribution in [1.29, 1.82) is 0 Å². The fourth-order valence-electron chi connectivity index (χ4n) is 2.42. The number of halogens is 1. The molecule has 1 unspecified atom stereocenters. The number of hydrogen-bond donors (Lipinski definition) is 1. The van der Waals surface area contributed by atoms with Crippen molar-refractivity contribution in [3.8, 4) is 0 Å². The summed E-state index contributed by atoms with van der Waals surface area (Å²) in [5.74, 6) is 0.0329. The second kappa shape index (κ2) is 6.88. The van der Waals surface area contributed by atoms with Crippen molar-refractivity contribution >= 4 is 16.7 Å². The summed E-state index contributed by atoms with van der Waals surface area (Å²) in [6.07, 6.45) is 0.763. The average molecular weight is 302 g/mol. The van der Waals surface area contributed by atoms with Gasteiger partial charge < -0.3 is 10.6 Å². The maximum atomic E-state index is 13.3. The van der Waals surface area contributed by atoms with Crippen molar-refractivity contribution in [2.75, 3.05) is 13.6 Å². The van der Waals surface area contributed by atoms with Crippen molar-refractivity contribution in [1.82, 2.24) is 4.90 Å². The molecule has 4 heteroatoms. The van der Waals surface area contributed by atoms with E-state index in [0.29, 0.717) is 18.0 Å². The zero-order valence-electron chi connectivity index (χ0n) is 13.3. The lowest BCUT2D eigenvalue weighted by Gasteiger charge is -2.22. The van der Waals surface area contributed by atoms with Crippen LogP contribution in [0.2, 0.25) is 0 Å². The van der Waals surface area contributed by atoms with Gasteiger partial charge in [-0.1, -0.05) is 32.0 Å². The lowest BCUT2D eigenvalue weighted by atomic mass is 10.0. The van der Waals surface area contributed by atoms with Gasteiger partial charge in [0.25, 0.3) is 5.91 Å². The third-order valence-electron chi connectivity index (χ3n) is 4.07. The Bertz CT molecular complexity index is 669. The SMILES string of the molecule is CC(C)C(N)CCN(C)C(=O)c1cccc2cc(F)ccc12. The highest BCUT2D eigenvalue weighted by Gasteiger charge is 2.16. The maximum absolute atomic E-state index is 13.3. The van der Waals surface area contributed by atoms with E-state index in [2.05, 4.69) is 13.8 Å². The van der Waals surface area contributed by atoms with Gasteiger partial charge in [-0.25, -0.2) is 4.39 Å². The van der Waals surface area contributed by atoms with Crippen LogP contribution in [0.5, 0.6) is 0 Å². The van der Waals surface area contributed by atoms with Gasteiger partial charge in [0.1, 0.15) is 5.82 Å². The minimum Gasteiger partial charge on any atom is -0.342 e. The predicted molar refractivity (Wildman–Crippen MR) is 88.3 cm³/mol. The number of nitrogens with zero attached hydrogens (tertiary/aromatic N) is 1. The quantitative estimate of drug-likeness (QED) is 0.920. The lowest BCUT2D eigenvalue weighted by Crippen LogP contribution is -2.34. The van der Waals surface area contributed by atoms with Crippen LogP contribution in [-0.2, 0) is 0 Å². The van der Waals surface area contributed by atoms with Crippen LogP contribution in [0.25, 0.3) is 10.8 Å². The van der Waals surface area contributed by atoms with Crippen LogP contribution in [-0.4, -0.2) is 30.4 Å². The molecule has 2 N–H and O–H groups in total. The molecule has 0 aromatic heterocycles. The van der Waals surface area contributed by atoms with E-state index in [-0.39, 0.29) is 17.8 Å². The van der Waals surface area contributed by atoms with Crippen molar-refractivity contribution < 1.29 is 9.18 Å². The highest BCUT2D eigenvalue weighted by atomic mass is 19.1. The van der Waals surface area contributed by atoms with Crippen LogP contribution in [0.15, 0.2) is 36.4 Å². The molecule has 1 amide bonds. The molecule has 0 bridgehead atoms. The Hall–Kier alpha value is -1.94. The molecule has 0 aliphatic rings. The first kappa shape index (κ1) is 16.4. The van der Waals surface area contributed by atoms with Gasteiger partial charge in [-0.2, -0.15) is 0 Å². The van der Waals surface area contributed by atoms with Crippen LogP contribution in [0, 0.1) is 11.7 Å². The molecular formula is C18H23FN2O. The van der Waals surface area contributed by atoms with Crippen LogP contribution in [0.1, 0.15) is 30.6 Å². The summed E-state index contributed by atoms with van der Waals surface area (Å²) in [4.78, 5) is 14.3. The molecule has 0 spiro atoms. The van der Waals surface area contributed by atoms with Crippen LogP contribution in [0.4, 0.5) is 4.39 Å². The molecule has 22 heavy (non-hydrogen) atoms. The molecule has 0 fully saturated rings. The topological polar surface area (TPSA) is 46.3 Å². The van der Waals surface area contributed by atoms with Crippen LogP contribution in [0.3, 0.4) is 0 Å². The number of hydrogen-bond acceptors (Lipinski definition) is 2. The largest absolute Gasteiger partial charge is 0.342 e. The smallest absolute Gasteiger partial charge is 0.254 e. The third kappa shape index (κ3) is 3.63. The van der Waals surface area contributed by atoms with E-state index in [1.165, 1.54) is 12.1 Å². The molecule has 0 aliphatic heterocycles. The van der Waals surface area contributed by atoms with Gasteiger partial charge in [0.15, 0.2) is 0 Å². The Morgan fingerprint density at radius 2 is 2.00 bits per heavy atom. The molecule has 2 rings (SSSR count). The molecular weight excluding hydrogens is 279 g/mol. The third-order valence-corrected chi connectivity index (χ3v) is 4.07. The zero-order chi connectivity index (χ0) is 16.3. The molecule has 1 atom stereocenters. The molecule has 2 aromatic carbocycles. The second-order valence-electron chi connectivity index (χ2n) is 6.09. The number of fused-ring (bicyclic) bond motifs is 1. The van der Waals surface area contributed by atoms with Crippen molar-refractivity contribution in [2.24, 2.45) is 11.7 Å². The highest BCUT2D eigenvalue weighted by Crippen LogP contribution is 2.21. The Morgan fingerprint density at radius 1 is 1.27 bits per heavy atom. The first-order valence-electron chi connectivity index (χ1n) is 7.59. The van der Waals surface area contributed by atoms with Crippen molar-refractivity contribution in [3.05, 3.63) is 47.8 Å². The molecule has 0 aliphatic carbocycles. The minimum atomic E-state index is -0.298. The number of benzene rings is 2. The molecule has 0 heterocycles. The Kier molecular flexibility index (Phi) is 5.14. The van der Waals surface area contributed by atoms with E-state index in [1.807, 2.05) is 6.07 Å². The monoisotopic (exact) mass is 302 g/mol. The van der Waals surface area contributed by atoms with Gasteiger partial charge in [0.2, 0.25) is 0 Å². The number of nitrogens with two attached hydrogens (primary N) is 1. The van der Waals surface area contributed by atoms with Crippen molar-refractivity contribution in [3.63, 3.8) is 0 Å². The Balaban J connectivity index is 2.19. The molecule has 0 saturated carbocycles. The summed E-state index contributed by atoms with van der Waals surface area (Å²) in [7, 11) is 1.78. The van der Waals surface area contributed by atoms with Gasteiger partial charge in [-0.05, 0) is 41.3 Å². The first-order chi connectivity index (χ1) is 10.4. The molecule has 2 aromatic rings. The van der Waals surface area contributed by atoms with E-state index in [9.17, 15) is 9.18 Å². The lowest BCUT2D eigenvalue weighted by molar-refractivity contribution is 0.0791. The Morgan fingerprint density at radius 3 is 2.68 bits per heavy atom. The number of carbonyl (C=O) groups excluding carboxylic acids is 1. The van der Waals surface area contributed by atoms with Gasteiger partial charge >= 0.3 is 0 Å². The zero-order valence-corrected chi connectivity index (χ0v) is 13.3. The van der Waals surface area contributed by atoms with Crippen molar-refractivity contribution in [2.45, 2.75) is 26.3 Å². The van der Waals surface area contributed by atoms with E-state index in [1.54, 1.807) is 30.1 Å². The van der Waals surface area contributed by atoms with Crippen LogP contribution >= 0.6 is 0 Å². The number of amides is 1. The standard InChI is InChI=1S/C18H23FN2O/c1-12(2)17(20)9-10-21(3)18(22)16-6-4-5-13-11-14(19)7-8-15(13)16/h4-8,11-12,17H,9-10,20H2,1-3H3. The Labute approximate surface area is 130 Å². The summed E-state index contributed by atoms with van der Waals surface area (Å²) >= 11 is 0. The van der Waals surface area contributed by atoms with Gasteiger partial charge in [0, 0.05) is 25.2 Å². The maximum Gasteiger partial charge on any atom is 0.254 e. The van der Waals surface area contributed by atoms with E-state index in [0.717, 1.165) is 17.2 Å². The summed E-state index contributed by atoms with van der Waals surface area (Å²) < 4.78 is 13.3. The highest BCUT2D eigenvalue weighted by molar-refractivity contribution is 6.06. The molecule has 118 valence electrons. The minimum absolute atomic E-state index is 0.0619. The number of rotatable bonds is 5. The van der Waals surface area contributed by atoms with Gasteiger partial charge in [-0.15, -0.1) is 0 Å². The number of carbonyl (C=O) groups is 1. The van der Waals surface area contributed by atoms with Gasteiger partial charge in [0.05, 0.1) is 0 Å². The summed E-state index contributed by atoms with van der Waals surface area (Å²) in [5, 5.41) is 1.51. The fraction of sp³-hybridized carbons (Fsp3) is 0.389. The fourth-order valence-corrected chi connectivity index (χ4v) is 2.42. The summed E-state index contributed by atoms with van der Waals surface area (Å²) in [5.41, 5.74) is 6.63. The summed E-state index contributed by atoms with van der Waals surface area (Å²) in [6, 6.07) is 9.94. The second-order valence-corrected chi connectivity index (χ2v) is 6.09. The average Bonchev–Trinajstić information content (AvgIpc) is 2.50. The van der Waals surface area contributed by atoms with Crippen LogP contribution < -0.4 is 5.73 Å². The predicted octanol–water partition coefficient (Wildman–Crippen LogP) is 3.42. The molecule has 0 saturated heterocycles. The van der Waals surface area contributed by atoms with E-state index < -0.39 is 0 Å². The molecule has 3 nitrogen and oxygen atoms in total. The normalized spacial score (nSPS) is 12.6. The van der Waals surface area contributed by atoms with E-state index in [4.69, 9.17) is 5.73 Å². The van der Waals surface area contributed by atoms with Gasteiger partial charge in [-0.3, -0.25) is 4.79 Å².